The third-order valence-electron chi connectivity index (χ3n) is 2.93. The first-order chi connectivity index (χ1) is 8.99. The topological polar surface area (TPSA) is 58.6 Å². The molecule has 0 bridgehead atoms. The average Bonchev–Trinajstić information content (AvgIpc) is 2.38. The van der Waals surface area contributed by atoms with Crippen molar-refractivity contribution in [3.63, 3.8) is 0 Å². The van der Waals surface area contributed by atoms with Crippen LogP contribution in [0.15, 0.2) is 30.3 Å². The molecule has 106 valence electrons. The Morgan fingerprint density at radius 3 is 2.63 bits per heavy atom. The predicted molar refractivity (Wildman–Crippen MR) is 73.9 cm³/mol. The number of benzene rings is 1. The molecule has 1 atom stereocenters. The van der Waals surface area contributed by atoms with Crippen molar-refractivity contribution in [3.05, 3.63) is 35.9 Å². The van der Waals surface area contributed by atoms with Crippen LogP contribution in [0, 0.1) is 0 Å². The van der Waals surface area contributed by atoms with Crippen LogP contribution >= 0.6 is 0 Å². The molecule has 1 N–H and O–H groups in total. The van der Waals surface area contributed by atoms with E-state index in [1.807, 2.05) is 44.2 Å². The molecule has 1 aliphatic heterocycles. The number of ether oxygens (including phenoxy) is 1. The van der Waals surface area contributed by atoms with Gasteiger partial charge in [-0.05, 0) is 19.4 Å². The number of morpholine rings is 1. The summed E-state index contributed by atoms with van der Waals surface area (Å²) in [5.74, 6) is 0. The Labute approximate surface area is 114 Å². The molecule has 5 nitrogen and oxygen atoms in total. The maximum atomic E-state index is 12.1. The van der Waals surface area contributed by atoms with Gasteiger partial charge < -0.3 is 4.74 Å². The van der Waals surface area contributed by atoms with Crippen molar-refractivity contribution in [2.75, 3.05) is 19.7 Å². The van der Waals surface area contributed by atoms with E-state index in [1.54, 1.807) is 0 Å². The molecule has 0 amide bonds. The van der Waals surface area contributed by atoms with Crippen molar-refractivity contribution in [1.82, 2.24) is 9.03 Å². The Balaban J connectivity index is 2.09. The molecule has 6 heteroatoms. The van der Waals surface area contributed by atoms with Gasteiger partial charge in [0.2, 0.25) is 0 Å². The highest BCUT2D eigenvalue weighted by atomic mass is 32.2. The van der Waals surface area contributed by atoms with Gasteiger partial charge in [0.05, 0.1) is 12.7 Å². The number of hydrogen-bond acceptors (Lipinski definition) is 3. The smallest absolute Gasteiger partial charge is 0.279 e. The van der Waals surface area contributed by atoms with Crippen LogP contribution in [-0.4, -0.2) is 38.5 Å². The molecule has 1 fully saturated rings. The summed E-state index contributed by atoms with van der Waals surface area (Å²) in [7, 11) is -3.42. The second-order valence-corrected chi connectivity index (χ2v) is 6.61. The standard InChI is InChI=1S/C13H20N2O3S/c1-11(2)14-19(16,17)15-8-9-18-13(10-15)12-6-4-3-5-7-12/h3-7,11,13-14H,8-10H2,1-2H3. The van der Waals surface area contributed by atoms with E-state index >= 15 is 0 Å². The lowest BCUT2D eigenvalue weighted by atomic mass is 10.1. The minimum absolute atomic E-state index is 0.108. The van der Waals surface area contributed by atoms with Crippen LogP contribution < -0.4 is 4.72 Å². The first-order valence-electron chi connectivity index (χ1n) is 6.43. The van der Waals surface area contributed by atoms with E-state index in [1.165, 1.54) is 4.31 Å². The summed E-state index contributed by atoms with van der Waals surface area (Å²) in [5, 5.41) is 0. The Bertz CT molecular complexity index is 502. The largest absolute Gasteiger partial charge is 0.371 e. The molecule has 0 aromatic heterocycles. The first kappa shape index (κ1) is 14.5. The molecule has 1 unspecified atom stereocenters. The molecule has 1 aromatic carbocycles. The molecule has 0 saturated carbocycles. The van der Waals surface area contributed by atoms with Crippen molar-refractivity contribution in [3.8, 4) is 0 Å². The minimum Gasteiger partial charge on any atom is -0.371 e. The minimum atomic E-state index is -3.42. The maximum Gasteiger partial charge on any atom is 0.279 e. The van der Waals surface area contributed by atoms with E-state index in [2.05, 4.69) is 4.72 Å². The second-order valence-electron chi connectivity index (χ2n) is 4.91. The highest BCUT2D eigenvalue weighted by molar-refractivity contribution is 7.87. The van der Waals surface area contributed by atoms with Gasteiger partial charge in [-0.2, -0.15) is 17.4 Å². The summed E-state index contributed by atoms with van der Waals surface area (Å²) in [6, 6.07) is 9.59. The van der Waals surface area contributed by atoms with Crippen molar-refractivity contribution < 1.29 is 13.2 Å². The van der Waals surface area contributed by atoms with Crippen molar-refractivity contribution >= 4 is 10.2 Å². The number of hydrogen-bond donors (Lipinski definition) is 1. The van der Waals surface area contributed by atoms with Crippen molar-refractivity contribution in [1.29, 1.82) is 0 Å². The highest BCUT2D eigenvalue weighted by Gasteiger charge is 2.30. The zero-order chi connectivity index (χ0) is 13.9. The molecule has 1 aromatic rings. The van der Waals surface area contributed by atoms with Crippen LogP contribution in [0.1, 0.15) is 25.5 Å². The average molecular weight is 284 g/mol. The van der Waals surface area contributed by atoms with Gasteiger partial charge in [0.25, 0.3) is 10.2 Å². The van der Waals surface area contributed by atoms with E-state index < -0.39 is 10.2 Å². The molecular formula is C13H20N2O3S. The normalized spacial score (nSPS) is 21.7. The van der Waals surface area contributed by atoms with E-state index in [0.717, 1.165) is 5.56 Å². The summed E-state index contributed by atoms with van der Waals surface area (Å²) in [6.45, 7) is 4.79. The third kappa shape index (κ3) is 3.76. The zero-order valence-electron chi connectivity index (χ0n) is 11.2. The fraction of sp³-hybridized carbons (Fsp3) is 0.538. The van der Waals surface area contributed by atoms with Crippen molar-refractivity contribution in [2.45, 2.75) is 26.0 Å². The molecule has 1 heterocycles. The number of nitrogens with zero attached hydrogens (tertiary/aromatic N) is 1. The molecular weight excluding hydrogens is 264 g/mol. The summed E-state index contributed by atoms with van der Waals surface area (Å²) in [6.07, 6.45) is -0.196. The number of rotatable bonds is 4. The molecule has 0 aliphatic carbocycles. The molecule has 0 radical (unpaired) electrons. The SMILES string of the molecule is CC(C)NS(=O)(=O)N1CCOC(c2ccccc2)C1. The first-order valence-corrected chi connectivity index (χ1v) is 7.87. The van der Waals surface area contributed by atoms with E-state index in [-0.39, 0.29) is 12.1 Å². The second kappa shape index (κ2) is 6.00. The molecule has 19 heavy (non-hydrogen) atoms. The number of nitrogens with one attached hydrogen (secondary N) is 1. The van der Waals surface area contributed by atoms with Gasteiger partial charge in [0, 0.05) is 19.1 Å². The van der Waals surface area contributed by atoms with Gasteiger partial charge in [0.1, 0.15) is 0 Å². The molecule has 1 aliphatic rings. The fourth-order valence-electron chi connectivity index (χ4n) is 2.09. The van der Waals surface area contributed by atoms with E-state index in [4.69, 9.17) is 4.74 Å². The Morgan fingerprint density at radius 2 is 2.00 bits per heavy atom. The van der Waals surface area contributed by atoms with Gasteiger partial charge in [-0.1, -0.05) is 30.3 Å². The van der Waals surface area contributed by atoms with Crippen LogP contribution in [0.2, 0.25) is 0 Å². The predicted octanol–water partition coefficient (Wildman–Crippen LogP) is 1.30. The van der Waals surface area contributed by atoms with Gasteiger partial charge in [-0.3, -0.25) is 0 Å². The Hall–Kier alpha value is -0.950. The quantitative estimate of drug-likeness (QED) is 0.906. The van der Waals surface area contributed by atoms with Gasteiger partial charge in [-0.25, -0.2) is 0 Å². The van der Waals surface area contributed by atoms with Crippen LogP contribution in [0.3, 0.4) is 0 Å². The zero-order valence-corrected chi connectivity index (χ0v) is 12.1. The maximum absolute atomic E-state index is 12.1. The summed E-state index contributed by atoms with van der Waals surface area (Å²) >= 11 is 0. The molecule has 2 rings (SSSR count). The monoisotopic (exact) mass is 284 g/mol. The summed E-state index contributed by atoms with van der Waals surface area (Å²) < 4.78 is 34.0. The summed E-state index contributed by atoms with van der Waals surface area (Å²) in [4.78, 5) is 0. The Morgan fingerprint density at radius 1 is 1.32 bits per heavy atom. The molecule has 1 saturated heterocycles. The third-order valence-corrected chi connectivity index (χ3v) is 4.71. The van der Waals surface area contributed by atoms with E-state index in [0.29, 0.717) is 19.7 Å². The van der Waals surface area contributed by atoms with E-state index in [9.17, 15) is 8.42 Å². The van der Waals surface area contributed by atoms with Crippen LogP contribution in [0.5, 0.6) is 0 Å². The lowest BCUT2D eigenvalue weighted by molar-refractivity contribution is -0.00299. The lowest BCUT2D eigenvalue weighted by Gasteiger charge is -2.32. The van der Waals surface area contributed by atoms with Gasteiger partial charge >= 0.3 is 0 Å². The lowest BCUT2D eigenvalue weighted by Crippen LogP contribution is -2.49. The Kier molecular flexibility index (Phi) is 4.57. The van der Waals surface area contributed by atoms with Crippen molar-refractivity contribution in [2.24, 2.45) is 0 Å². The van der Waals surface area contributed by atoms with Gasteiger partial charge in [-0.15, -0.1) is 0 Å². The van der Waals surface area contributed by atoms with Crippen LogP contribution in [0.25, 0.3) is 0 Å². The van der Waals surface area contributed by atoms with Crippen LogP contribution in [-0.2, 0) is 14.9 Å². The fourth-order valence-corrected chi connectivity index (χ4v) is 3.48. The summed E-state index contributed by atoms with van der Waals surface area (Å²) in [5.41, 5.74) is 1.01. The van der Waals surface area contributed by atoms with Gasteiger partial charge in [0.15, 0.2) is 0 Å². The highest BCUT2D eigenvalue weighted by Crippen LogP contribution is 2.23. The molecule has 0 spiro atoms. The van der Waals surface area contributed by atoms with Crippen LogP contribution in [0.4, 0.5) is 0 Å².